The number of hydrogen-bond acceptors (Lipinski definition) is 3. The average molecular weight is 385 g/mol. The normalized spacial score (nSPS) is 11.2. The standard InChI is InChI=1S/C21H18F3N3O/c1-13-9-14(2)11-18(10-13)26-19-8-7-17(12-25-19)27-20(28)15-3-5-16(6-4-15)21(22,23)24/h3-12H,1-2H3,(H,25,26)(H,27,28). The Hall–Kier alpha value is -3.35. The van der Waals surface area contributed by atoms with Gasteiger partial charge >= 0.3 is 6.18 Å². The molecule has 144 valence electrons. The summed E-state index contributed by atoms with van der Waals surface area (Å²) in [7, 11) is 0. The van der Waals surface area contributed by atoms with E-state index in [0.29, 0.717) is 11.5 Å². The molecule has 0 aliphatic heterocycles. The number of aromatic nitrogens is 1. The number of nitrogens with zero attached hydrogens (tertiary/aromatic N) is 1. The third kappa shape index (κ3) is 4.88. The van der Waals surface area contributed by atoms with Crippen LogP contribution in [0.4, 0.5) is 30.4 Å². The number of alkyl halides is 3. The summed E-state index contributed by atoms with van der Waals surface area (Å²) >= 11 is 0. The van der Waals surface area contributed by atoms with Gasteiger partial charge in [-0.3, -0.25) is 4.79 Å². The van der Waals surface area contributed by atoms with Crippen LogP contribution in [0.2, 0.25) is 0 Å². The van der Waals surface area contributed by atoms with Crippen molar-refractivity contribution in [1.82, 2.24) is 4.98 Å². The van der Waals surface area contributed by atoms with E-state index in [1.165, 1.54) is 6.20 Å². The van der Waals surface area contributed by atoms with Crippen molar-refractivity contribution >= 4 is 23.1 Å². The molecule has 0 spiro atoms. The van der Waals surface area contributed by atoms with E-state index < -0.39 is 17.6 Å². The maximum absolute atomic E-state index is 12.6. The molecule has 0 aliphatic rings. The van der Waals surface area contributed by atoms with E-state index in [4.69, 9.17) is 0 Å². The SMILES string of the molecule is Cc1cc(C)cc(Nc2ccc(NC(=O)c3ccc(C(F)(F)F)cc3)cn2)c1. The zero-order valence-corrected chi connectivity index (χ0v) is 15.3. The number of carbonyl (C=O) groups is 1. The number of carbonyl (C=O) groups excluding carboxylic acids is 1. The van der Waals surface area contributed by atoms with Crippen LogP contribution in [-0.4, -0.2) is 10.9 Å². The Labute approximate surface area is 160 Å². The molecule has 1 aromatic heterocycles. The molecule has 3 aromatic rings. The van der Waals surface area contributed by atoms with Gasteiger partial charge in [-0.25, -0.2) is 4.98 Å². The maximum Gasteiger partial charge on any atom is 0.416 e. The van der Waals surface area contributed by atoms with Crippen LogP contribution in [-0.2, 0) is 6.18 Å². The highest BCUT2D eigenvalue weighted by molar-refractivity contribution is 6.04. The van der Waals surface area contributed by atoms with Gasteiger partial charge in [-0.1, -0.05) is 6.07 Å². The number of pyridine rings is 1. The molecule has 0 unspecified atom stereocenters. The molecule has 1 amide bonds. The van der Waals surface area contributed by atoms with Crippen LogP contribution in [0.25, 0.3) is 0 Å². The molecule has 3 rings (SSSR count). The van der Waals surface area contributed by atoms with E-state index in [1.54, 1.807) is 12.1 Å². The van der Waals surface area contributed by atoms with Crippen LogP contribution >= 0.6 is 0 Å². The van der Waals surface area contributed by atoms with Crippen LogP contribution in [0, 0.1) is 13.8 Å². The molecule has 0 aliphatic carbocycles. The van der Waals surface area contributed by atoms with Crippen LogP contribution in [0.1, 0.15) is 27.0 Å². The predicted molar refractivity (Wildman–Crippen MR) is 103 cm³/mol. The molecule has 0 saturated carbocycles. The fraction of sp³-hybridized carbons (Fsp3) is 0.143. The first-order valence-electron chi connectivity index (χ1n) is 8.51. The predicted octanol–water partition coefficient (Wildman–Crippen LogP) is 5.71. The van der Waals surface area contributed by atoms with Crippen LogP contribution < -0.4 is 10.6 Å². The summed E-state index contributed by atoms with van der Waals surface area (Å²) in [5, 5.41) is 5.80. The van der Waals surface area contributed by atoms with Gasteiger partial charge in [-0.15, -0.1) is 0 Å². The van der Waals surface area contributed by atoms with E-state index in [9.17, 15) is 18.0 Å². The van der Waals surface area contributed by atoms with E-state index in [0.717, 1.165) is 41.1 Å². The van der Waals surface area contributed by atoms with Gasteiger partial charge in [0.1, 0.15) is 5.82 Å². The first-order chi connectivity index (χ1) is 13.2. The van der Waals surface area contributed by atoms with Gasteiger partial charge in [-0.2, -0.15) is 13.2 Å². The lowest BCUT2D eigenvalue weighted by molar-refractivity contribution is -0.137. The van der Waals surface area contributed by atoms with Crippen molar-refractivity contribution in [2.75, 3.05) is 10.6 Å². The van der Waals surface area contributed by atoms with Gasteiger partial charge in [0.15, 0.2) is 0 Å². The lowest BCUT2D eigenvalue weighted by Gasteiger charge is -2.10. The number of hydrogen-bond donors (Lipinski definition) is 2. The quantitative estimate of drug-likeness (QED) is 0.605. The topological polar surface area (TPSA) is 54.0 Å². The van der Waals surface area contributed by atoms with Crippen molar-refractivity contribution in [2.45, 2.75) is 20.0 Å². The molecule has 0 bridgehead atoms. The minimum atomic E-state index is -4.43. The van der Waals surface area contributed by atoms with Gasteiger partial charge < -0.3 is 10.6 Å². The van der Waals surface area contributed by atoms with Gasteiger partial charge in [0.25, 0.3) is 5.91 Å². The number of rotatable bonds is 4. The number of aryl methyl sites for hydroxylation is 2. The molecule has 0 fully saturated rings. The second-order valence-corrected chi connectivity index (χ2v) is 6.46. The highest BCUT2D eigenvalue weighted by Gasteiger charge is 2.30. The molecule has 0 saturated heterocycles. The van der Waals surface area contributed by atoms with Crippen LogP contribution in [0.15, 0.2) is 60.8 Å². The summed E-state index contributed by atoms with van der Waals surface area (Å²) in [6.45, 7) is 4.01. The van der Waals surface area contributed by atoms with Crippen LogP contribution in [0.3, 0.4) is 0 Å². The second-order valence-electron chi connectivity index (χ2n) is 6.46. The molecule has 4 nitrogen and oxygen atoms in total. The Balaban J connectivity index is 1.66. The molecule has 28 heavy (non-hydrogen) atoms. The van der Waals surface area contributed by atoms with Crippen molar-refractivity contribution in [3.8, 4) is 0 Å². The molecular weight excluding hydrogens is 367 g/mol. The van der Waals surface area contributed by atoms with E-state index in [1.807, 2.05) is 26.0 Å². The zero-order chi connectivity index (χ0) is 20.3. The van der Waals surface area contributed by atoms with E-state index in [-0.39, 0.29) is 5.56 Å². The lowest BCUT2D eigenvalue weighted by atomic mass is 10.1. The Kier molecular flexibility index (Phi) is 5.35. The fourth-order valence-corrected chi connectivity index (χ4v) is 2.75. The Bertz CT molecular complexity index is 961. The highest BCUT2D eigenvalue weighted by atomic mass is 19.4. The van der Waals surface area contributed by atoms with Crippen molar-refractivity contribution < 1.29 is 18.0 Å². The molecule has 2 N–H and O–H groups in total. The number of nitrogens with one attached hydrogen (secondary N) is 2. The monoisotopic (exact) mass is 385 g/mol. The van der Waals surface area contributed by atoms with E-state index >= 15 is 0 Å². The third-order valence-corrected chi connectivity index (χ3v) is 3.99. The second kappa shape index (κ2) is 7.72. The Morgan fingerprint density at radius 3 is 2.07 bits per heavy atom. The fourth-order valence-electron chi connectivity index (χ4n) is 2.75. The molecule has 0 radical (unpaired) electrons. The van der Waals surface area contributed by atoms with Crippen molar-refractivity contribution in [2.24, 2.45) is 0 Å². The molecular formula is C21H18F3N3O. The largest absolute Gasteiger partial charge is 0.416 e. The van der Waals surface area contributed by atoms with E-state index in [2.05, 4.69) is 21.7 Å². The summed E-state index contributed by atoms with van der Waals surface area (Å²) in [6, 6.07) is 13.5. The van der Waals surface area contributed by atoms with Gasteiger partial charge in [0.05, 0.1) is 17.4 Å². The van der Waals surface area contributed by atoms with Crippen molar-refractivity contribution in [3.63, 3.8) is 0 Å². The van der Waals surface area contributed by atoms with Crippen molar-refractivity contribution in [1.29, 1.82) is 0 Å². The molecule has 7 heteroatoms. The maximum atomic E-state index is 12.6. The van der Waals surface area contributed by atoms with Gasteiger partial charge in [0.2, 0.25) is 0 Å². The number of amides is 1. The Morgan fingerprint density at radius 2 is 1.54 bits per heavy atom. The Morgan fingerprint density at radius 1 is 0.893 bits per heavy atom. The number of anilines is 3. The minimum absolute atomic E-state index is 0.130. The highest BCUT2D eigenvalue weighted by Crippen LogP contribution is 2.29. The summed E-state index contributed by atoms with van der Waals surface area (Å²) in [5.41, 5.74) is 2.94. The molecule has 0 atom stereocenters. The number of halogens is 3. The summed E-state index contributed by atoms with van der Waals surface area (Å²) in [6.07, 6.45) is -2.95. The minimum Gasteiger partial charge on any atom is -0.340 e. The first kappa shape index (κ1) is 19.4. The third-order valence-electron chi connectivity index (χ3n) is 3.99. The summed E-state index contributed by atoms with van der Waals surface area (Å²) in [4.78, 5) is 16.4. The first-order valence-corrected chi connectivity index (χ1v) is 8.51. The molecule has 2 aromatic carbocycles. The summed E-state index contributed by atoms with van der Waals surface area (Å²) < 4.78 is 37.8. The van der Waals surface area contributed by atoms with Gasteiger partial charge in [-0.05, 0) is 73.5 Å². The van der Waals surface area contributed by atoms with Crippen LogP contribution in [0.5, 0.6) is 0 Å². The smallest absolute Gasteiger partial charge is 0.340 e. The van der Waals surface area contributed by atoms with Gasteiger partial charge in [0, 0.05) is 11.3 Å². The molecule has 1 heterocycles. The average Bonchev–Trinajstić information content (AvgIpc) is 2.62. The zero-order valence-electron chi connectivity index (χ0n) is 15.3. The lowest BCUT2D eigenvalue weighted by Crippen LogP contribution is -2.13. The summed E-state index contributed by atoms with van der Waals surface area (Å²) in [5.74, 6) is 0.100. The number of benzene rings is 2. The van der Waals surface area contributed by atoms with Crippen molar-refractivity contribution in [3.05, 3.63) is 83.0 Å².